The lowest BCUT2D eigenvalue weighted by Crippen LogP contribution is -2.26. The van der Waals surface area contributed by atoms with Crippen LogP contribution >= 0.6 is 0 Å². The van der Waals surface area contributed by atoms with Gasteiger partial charge in [0.25, 0.3) is 11.6 Å². The molecular weight excluding hydrogens is 342 g/mol. The van der Waals surface area contributed by atoms with E-state index in [0.717, 1.165) is 22.4 Å². The van der Waals surface area contributed by atoms with Gasteiger partial charge in [-0.05, 0) is 29.7 Å². The molecule has 1 amide bonds. The van der Waals surface area contributed by atoms with E-state index in [1.807, 2.05) is 38.1 Å². The summed E-state index contributed by atoms with van der Waals surface area (Å²) in [7, 11) is 1.77. The number of hydrogen-bond acceptors (Lipinski definition) is 5. The standard InChI is InChI=1S/C21H23N3O3/c1-5-10-26-17-8-6-15(7-9-17)13-24(4)21(25)16-11-18-19(14(2)3)23-27-20(18)22-12-16/h5-9,11-12,14H,1,10,13H2,2-4H3. The molecule has 2 aromatic heterocycles. The quantitative estimate of drug-likeness (QED) is 0.588. The van der Waals surface area contributed by atoms with Gasteiger partial charge in [-0.2, -0.15) is 0 Å². The van der Waals surface area contributed by atoms with Crippen LogP contribution in [0.3, 0.4) is 0 Å². The highest BCUT2D eigenvalue weighted by Gasteiger charge is 2.18. The van der Waals surface area contributed by atoms with Gasteiger partial charge in [-0.3, -0.25) is 4.79 Å². The van der Waals surface area contributed by atoms with Crippen LogP contribution in [0.4, 0.5) is 0 Å². The second-order valence-electron chi connectivity index (χ2n) is 6.70. The lowest BCUT2D eigenvalue weighted by molar-refractivity contribution is 0.0785. The van der Waals surface area contributed by atoms with Gasteiger partial charge in [0, 0.05) is 19.8 Å². The number of nitrogens with zero attached hydrogens (tertiary/aromatic N) is 3. The zero-order valence-corrected chi connectivity index (χ0v) is 15.8. The van der Waals surface area contributed by atoms with Gasteiger partial charge in [-0.1, -0.05) is 43.8 Å². The molecule has 0 atom stereocenters. The second kappa shape index (κ2) is 8.03. The van der Waals surface area contributed by atoms with Gasteiger partial charge in [0.1, 0.15) is 12.4 Å². The fourth-order valence-electron chi connectivity index (χ4n) is 2.80. The summed E-state index contributed by atoms with van der Waals surface area (Å²) >= 11 is 0. The number of pyridine rings is 1. The first-order chi connectivity index (χ1) is 13.0. The normalized spacial score (nSPS) is 11.0. The number of fused-ring (bicyclic) bond motifs is 1. The average molecular weight is 365 g/mol. The molecule has 1 aromatic carbocycles. The Morgan fingerprint density at radius 2 is 2.07 bits per heavy atom. The number of rotatable bonds is 7. The van der Waals surface area contributed by atoms with Crippen LogP contribution in [0.15, 0.2) is 53.7 Å². The van der Waals surface area contributed by atoms with E-state index in [1.54, 1.807) is 24.1 Å². The summed E-state index contributed by atoms with van der Waals surface area (Å²) in [6.07, 6.45) is 3.23. The Labute approximate surface area is 158 Å². The third-order valence-electron chi connectivity index (χ3n) is 4.21. The van der Waals surface area contributed by atoms with E-state index in [-0.39, 0.29) is 11.8 Å². The Balaban J connectivity index is 1.74. The molecule has 0 aliphatic carbocycles. The van der Waals surface area contributed by atoms with Crippen molar-refractivity contribution in [2.24, 2.45) is 0 Å². The predicted octanol–water partition coefficient (Wildman–Crippen LogP) is 4.18. The van der Waals surface area contributed by atoms with Crippen LogP contribution in [-0.4, -0.2) is 34.6 Å². The minimum atomic E-state index is -0.104. The van der Waals surface area contributed by atoms with Crippen molar-refractivity contribution in [2.45, 2.75) is 26.3 Å². The van der Waals surface area contributed by atoms with Gasteiger partial charge in [-0.25, -0.2) is 4.98 Å². The highest BCUT2D eigenvalue weighted by atomic mass is 16.5. The molecule has 0 saturated heterocycles. The Kier molecular flexibility index (Phi) is 5.54. The summed E-state index contributed by atoms with van der Waals surface area (Å²) in [5.41, 5.74) is 2.79. The third-order valence-corrected chi connectivity index (χ3v) is 4.21. The van der Waals surface area contributed by atoms with E-state index in [2.05, 4.69) is 16.7 Å². The Bertz CT molecular complexity index is 945. The topological polar surface area (TPSA) is 68.5 Å². The number of hydrogen-bond donors (Lipinski definition) is 0. The lowest BCUT2D eigenvalue weighted by Gasteiger charge is -2.17. The highest BCUT2D eigenvalue weighted by Crippen LogP contribution is 2.24. The first-order valence-corrected chi connectivity index (χ1v) is 8.83. The lowest BCUT2D eigenvalue weighted by atomic mass is 10.1. The van der Waals surface area contributed by atoms with E-state index in [0.29, 0.717) is 24.4 Å². The van der Waals surface area contributed by atoms with Crippen LogP contribution in [-0.2, 0) is 6.54 Å². The summed E-state index contributed by atoms with van der Waals surface area (Å²) in [4.78, 5) is 18.7. The molecule has 0 unspecified atom stereocenters. The molecule has 2 heterocycles. The molecule has 3 aromatic rings. The Hall–Kier alpha value is -3.15. The van der Waals surface area contributed by atoms with Crippen LogP contribution in [0.1, 0.15) is 41.4 Å². The molecule has 27 heavy (non-hydrogen) atoms. The molecule has 6 nitrogen and oxygen atoms in total. The predicted molar refractivity (Wildman–Crippen MR) is 104 cm³/mol. The third kappa shape index (κ3) is 4.16. The molecule has 0 saturated carbocycles. The number of carbonyl (C=O) groups is 1. The first-order valence-electron chi connectivity index (χ1n) is 8.83. The van der Waals surface area contributed by atoms with Crippen LogP contribution < -0.4 is 4.74 Å². The van der Waals surface area contributed by atoms with Crippen LogP contribution in [0, 0.1) is 0 Å². The Morgan fingerprint density at radius 3 is 2.74 bits per heavy atom. The van der Waals surface area contributed by atoms with Crippen molar-refractivity contribution in [1.29, 1.82) is 0 Å². The summed E-state index contributed by atoms with van der Waals surface area (Å²) < 4.78 is 10.7. The van der Waals surface area contributed by atoms with Crippen molar-refractivity contribution < 1.29 is 14.1 Å². The number of ether oxygens (including phenoxy) is 1. The minimum Gasteiger partial charge on any atom is -0.490 e. The maximum absolute atomic E-state index is 12.8. The average Bonchev–Trinajstić information content (AvgIpc) is 3.10. The Morgan fingerprint density at radius 1 is 1.33 bits per heavy atom. The molecule has 0 fully saturated rings. The fraction of sp³-hybridized carbons (Fsp3) is 0.286. The van der Waals surface area contributed by atoms with E-state index in [4.69, 9.17) is 9.26 Å². The van der Waals surface area contributed by atoms with Crippen molar-refractivity contribution in [1.82, 2.24) is 15.0 Å². The summed E-state index contributed by atoms with van der Waals surface area (Å²) in [5.74, 6) is 0.862. The van der Waals surface area contributed by atoms with Crippen molar-refractivity contribution in [3.05, 3.63) is 66.0 Å². The molecular formula is C21H23N3O3. The monoisotopic (exact) mass is 365 g/mol. The SMILES string of the molecule is C=CCOc1ccc(CN(C)C(=O)c2cnc3onc(C(C)C)c3c2)cc1. The van der Waals surface area contributed by atoms with Gasteiger partial charge in [-0.15, -0.1) is 0 Å². The zero-order valence-electron chi connectivity index (χ0n) is 15.8. The summed E-state index contributed by atoms with van der Waals surface area (Å²) in [5, 5.41) is 4.84. The smallest absolute Gasteiger partial charge is 0.257 e. The fourth-order valence-corrected chi connectivity index (χ4v) is 2.80. The molecule has 0 aliphatic rings. The maximum atomic E-state index is 12.8. The van der Waals surface area contributed by atoms with Gasteiger partial charge in [0.2, 0.25) is 0 Å². The number of amides is 1. The van der Waals surface area contributed by atoms with E-state index in [1.165, 1.54) is 6.20 Å². The van der Waals surface area contributed by atoms with Gasteiger partial charge in [0.05, 0.1) is 16.6 Å². The maximum Gasteiger partial charge on any atom is 0.257 e. The molecule has 140 valence electrons. The van der Waals surface area contributed by atoms with Gasteiger partial charge >= 0.3 is 0 Å². The van der Waals surface area contributed by atoms with Crippen LogP contribution in [0.5, 0.6) is 5.75 Å². The van der Waals surface area contributed by atoms with Crippen LogP contribution in [0.2, 0.25) is 0 Å². The minimum absolute atomic E-state index is 0.104. The molecule has 0 aliphatic heterocycles. The number of benzene rings is 1. The van der Waals surface area contributed by atoms with Gasteiger partial charge in [0.15, 0.2) is 0 Å². The van der Waals surface area contributed by atoms with Crippen molar-refractivity contribution >= 4 is 17.0 Å². The van der Waals surface area contributed by atoms with Crippen LogP contribution in [0.25, 0.3) is 11.1 Å². The van der Waals surface area contributed by atoms with E-state index in [9.17, 15) is 4.79 Å². The van der Waals surface area contributed by atoms with E-state index < -0.39 is 0 Å². The highest BCUT2D eigenvalue weighted by molar-refractivity contribution is 5.96. The summed E-state index contributed by atoms with van der Waals surface area (Å²) in [6.45, 7) is 8.64. The van der Waals surface area contributed by atoms with E-state index >= 15 is 0 Å². The first kappa shape index (κ1) is 18.6. The number of carbonyl (C=O) groups excluding carboxylic acids is 1. The van der Waals surface area contributed by atoms with Crippen molar-refractivity contribution in [3.8, 4) is 5.75 Å². The summed E-state index contributed by atoms with van der Waals surface area (Å²) in [6, 6.07) is 9.47. The molecule has 3 rings (SSSR count). The second-order valence-corrected chi connectivity index (χ2v) is 6.70. The van der Waals surface area contributed by atoms with Crippen molar-refractivity contribution in [3.63, 3.8) is 0 Å². The largest absolute Gasteiger partial charge is 0.490 e. The molecule has 0 spiro atoms. The zero-order chi connectivity index (χ0) is 19.4. The molecule has 6 heteroatoms. The van der Waals surface area contributed by atoms with Crippen molar-refractivity contribution in [2.75, 3.05) is 13.7 Å². The molecule has 0 bridgehead atoms. The molecule has 0 N–H and O–H groups in total. The molecule has 0 radical (unpaired) electrons. The van der Waals surface area contributed by atoms with Gasteiger partial charge < -0.3 is 14.2 Å². The number of aromatic nitrogens is 2.